The fourth-order valence-corrected chi connectivity index (χ4v) is 12.9. The van der Waals surface area contributed by atoms with Crippen molar-refractivity contribution in [3.05, 3.63) is 62.6 Å². The molecular formula is C36H50S3. The molecule has 3 heteroatoms. The molecule has 3 unspecified atom stereocenters. The van der Waals surface area contributed by atoms with Crippen LogP contribution in [-0.4, -0.2) is 0 Å². The van der Waals surface area contributed by atoms with Gasteiger partial charge in [-0.3, -0.25) is 0 Å². The van der Waals surface area contributed by atoms with Gasteiger partial charge in [0.25, 0.3) is 0 Å². The molecule has 3 aliphatic rings. The first-order valence-electron chi connectivity index (χ1n) is 15.9. The van der Waals surface area contributed by atoms with Crippen LogP contribution in [0.2, 0.25) is 0 Å². The van der Waals surface area contributed by atoms with E-state index in [1.165, 1.54) is 57.8 Å². The first kappa shape index (κ1) is 28.2. The van der Waals surface area contributed by atoms with Gasteiger partial charge >= 0.3 is 0 Å². The minimum absolute atomic E-state index is 0.264. The summed E-state index contributed by atoms with van der Waals surface area (Å²) >= 11 is 6.53. The lowest BCUT2D eigenvalue weighted by atomic mass is 9.83. The molecule has 0 aliphatic heterocycles. The molecule has 0 nitrogen and oxygen atoms in total. The first-order chi connectivity index (χ1) is 18.5. The molecule has 0 saturated heterocycles. The number of rotatable bonds is 7. The van der Waals surface area contributed by atoms with Crippen LogP contribution < -0.4 is 0 Å². The largest absolute Gasteiger partial charge is 0.145 e. The smallest absolute Gasteiger partial charge is 0.0134 e. The number of hydrogen-bond donors (Lipinski definition) is 0. The molecule has 0 amide bonds. The van der Waals surface area contributed by atoms with Crippen LogP contribution in [0.4, 0.5) is 0 Å². The lowest BCUT2D eigenvalue weighted by molar-refractivity contribution is 0.545. The zero-order valence-corrected chi connectivity index (χ0v) is 28.4. The van der Waals surface area contributed by atoms with E-state index >= 15 is 0 Å². The summed E-state index contributed by atoms with van der Waals surface area (Å²) in [5, 5.41) is 0. The highest BCUT2D eigenvalue weighted by atomic mass is 32.1. The normalized spacial score (nSPS) is 21.3. The van der Waals surface area contributed by atoms with Gasteiger partial charge in [-0.1, -0.05) is 55.4 Å². The van der Waals surface area contributed by atoms with Crippen LogP contribution in [0, 0.1) is 6.92 Å². The molecular weight excluding hydrogens is 529 g/mol. The van der Waals surface area contributed by atoms with Crippen molar-refractivity contribution in [2.45, 2.75) is 155 Å². The number of hydrogen-bond acceptors (Lipinski definition) is 3. The third-order valence-corrected chi connectivity index (χ3v) is 15.1. The molecule has 0 radical (unpaired) electrons. The molecule has 3 atom stereocenters. The molecule has 39 heavy (non-hydrogen) atoms. The highest BCUT2D eigenvalue weighted by Crippen LogP contribution is 2.53. The second-order valence-corrected chi connectivity index (χ2v) is 18.0. The summed E-state index contributed by atoms with van der Waals surface area (Å²) in [6.45, 7) is 21.9. The predicted octanol–water partition coefficient (Wildman–Crippen LogP) is 11.7. The van der Waals surface area contributed by atoms with Crippen molar-refractivity contribution in [1.29, 1.82) is 0 Å². The summed E-state index contributed by atoms with van der Waals surface area (Å²) < 4.78 is 0. The Labute approximate surface area is 250 Å². The van der Waals surface area contributed by atoms with Crippen LogP contribution in [-0.2, 0) is 37.5 Å². The van der Waals surface area contributed by atoms with Crippen molar-refractivity contribution in [1.82, 2.24) is 0 Å². The van der Waals surface area contributed by atoms with Crippen molar-refractivity contribution in [3.8, 4) is 0 Å². The zero-order valence-electron chi connectivity index (χ0n) is 26.0. The van der Waals surface area contributed by atoms with E-state index in [1.807, 2.05) is 5.56 Å². The Kier molecular flexibility index (Phi) is 7.55. The van der Waals surface area contributed by atoms with Gasteiger partial charge in [-0.25, -0.2) is 0 Å². The highest BCUT2D eigenvalue weighted by molar-refractivity contribution is 7.13. The Bertz CT molecular complexity index is 1370. The number of fused-ring (bicyclic) bond motifs is 3. The van der Waals surface area contributed by atoms with Crippen LogP contribution >= 0.6 is 34.0 Å². The zero-order chi connectivity index (χ0) is 27.8. The molecule has 0 N–H and O–H groups in total. The number of aryl methyl sites for hydroxylation is 1. The second kappa shape index (κ2) is 10.4. The van der Waals surface area contributed by atoms with Crippen LogP contribution in [0.15, 0.2) is 0 Å². The van der Waals surface area contributed by atoms with Crippen LogP contribution in [0.1, 0.15) is 173 Å². The topological polar surface area (TPSA) is 0 Å². The maximum absolute atomic E-state index is 2.57. The van der Waals surface area contributed by atoms with Crippen molar-refractivity contribution in [3.63, 3.8) is 0 Å². The highest BCUT2D eigenvalue weighted by Gasteiger charge is 2.37. The Hall–Kier alpha value is -0.900. The maximum atomic E-state index is 2.57. The van der Waals surface area contributed by atoms with E-state index < -0.39 is 0 Å². The third-order valence-electron chi connectivity index (χ3n) is 10.0. The van der Waals surface area contributed by atoms with Gasteiger partial charge in [0.05, 0.1) is 0 Å². The molecule has 212 valence electrons. The fourth-order valence-electron chi connectivity index (χ4n) is 8.32. The predicted molar refractivity (Wildman–Crippen MR) is 175 cm³/mol. The molecule has 3 aliphatic carbocycles. The van der Waals surface area contributed by atoms with E-state index in [-0.39, 0.29) is 5.41 Å². The minimum atomic E-state index is 0.264. The Morgan fingerprint density at radius 2 is 1.46 bits per heavy atom. The third kappa shape index (κ3) is 4.85. The van der Waals surface area contributed by atoms with Gasteiger partial charge in [0.15, 0.2) is 0 Å². The van der Waals surface area contributed by atoms with Crippen molar-refractivity contribution in [2.75, 3.05) is 0 Å². The Morgan fingerprint density at radius 1 is 0.769 bits per heavy atom. The van der Waals surface area contributed by atoms with Gasteiger partial charge < -0.3 is 0 Å². The summed E-state index contributed by atoms with van der Waals surface area (Å²) in [7, 11) is 0. The van der Waals surface area contributed by atoms with E-state index in [2.05, 4.69) is 96.3 Å². The van der Waals surface area contributed by atoms with E-state index in [0.717, 1.165) is 11.8 Å². The molecule has 0 spiro atoms. The minimum Gasteiger partial charge on any atom is -0.145 e. The van der Waals surface area contributed by atoms with Crippen LogP contribution in [0.3, 0.4) is 0 Å². The van der Waals surface area contributed by atoms with Gasteiger partial charge in [-0.05, 0) is 133 Å². The monoisotopic (exact) mass is 578 g/mol. The van der Waals surface area contributed by atoms with Gasteiger partial charge in [-0.2, -0.15) is 0 Å². The molecule has 0 aromatic carbocycles. The van der Waals surface area contributed by atoms with E-state index in [0.29, 0.717) is 17.8 Å². The lowest BCUT2D eigenvalue weighted by Gasteiger charge is -2.22. The molecule has 3 aromatic rings. The van der Waals surface area contributed by atoms with Crippen molar-refractivity contribution in [2.24, 2.45) is 0 Å². The Morgan fingerprint density at radius 3 is 2.15 bits per heavy atom. The van der Waals surface area contributed by atoms with Crippen molar-refractivity contribution < 1.29 is 0 Å². The summed E-state index contributed by atoms with van der Waals surface area (Å²) in [6, 6.07) is 0. The van der Waals surface area contributed by atoms with E-state index in [4.69, 9.17) is 0 Å². The maximum Gasteiger partial charge on any atom is 0.0134 e. The molecule has 3 aromatic heterocycles. The first-order valence-corrected chi connectivity index (χ1v) is 18.3. The van der Waals surface area contributed by atoms with Crippen LogP contribution in [0.25, 0.3) is 0 Å². The fraction of sp³-hybridized carbons (Fsp3) is 0.667. The molecule has 0 fully saturated rings. The van der Waals surface area contributed by atoms with Gasteiger partial charge in [-0.15, -0.1) is 34.0 Å². The van der Waals surface area contributed by atoms with Gasteiger partial charge in [0, 0.05) is 29.3 Å². The van der Waals surface area contributed by atoms with Gasteiger partial charge in [0.2, 0.25) is 0 Å². The summed E-state index contributed by atoms with van der Waals surface area (Å²) in [6.07, 6.45) is 12.0. The van der Waals surface area contributed by atoms with Crippen LogP contribution in [0.5, 0.6) is 0 Å². The summed E-state index contributed by atoms with van der Waals surface area (Å²) in [5.74, 6) is 3.47. The van der Waals surface area contributed by atoms with Crippen molar-refractivity contribution >= 4 is 34.0 Å². The van der Waals surface area contributed by atoms with Gasteiger partial charge in [0.1, 0.15) is 0 Å². The second-order valence-electron chi connectivity index (χ2n) is 14.7. The average molecular weight is 579 g/mol. The molecule has 3 heterocycles. The quantitative estimate of drug-likeness (QED) is 0.261. The molecule has 0 saturated carbocycles. The Balaban J connectivity index is 1.28. The standard InChI is InChI=1S/C36H50S3/c1-19(2)32-30(26-11-10-12-28(26)37-32)21(5)17-23-13-16-27-29(38-33(20(3)4)31(23)27)18-24-14-15-25-22(6)35(36(7,8)9)39-34(24)25/h19-21,23-24H,10-18H2,1-9H3. The molecule has 0 bridgehead atoms. The lowest BCUT2D eigenvalue weighted by Crippen LogP contribution is -2.10. The summed E-state index contributed by atoms with van der Waals surface area (Å²) in [4.78, 5) is 10.3. The molecule has 6 rings (SSSR count). The number of thiophene rings is 3. The average Bonchev–Trinajstić information content (AvgIpc) is 3.65. The van der Waals surface area contributed by atoms with E-state index in [1.54, 1.807) is 57.1 Å². The van der Waals surface area contributed by atoms with E-state index in [9.17, 15) is 0 Å². The SMILES string of the molecule is Cc1c(C(C)(C)C)sc2c1CCC2Cc1sc(C(C)C)c2c1CCC2CC(C)c1c(C(C)C)sc2c1CCC2. The summed E-state index contributed by atoms with van der Waals surface area (Å²) in [5.41, 5.74) is 10.7.